The molecule has 0 saturated heterocycles. The van der Waals surface area contributed by atoms with Crippen molar-refractivity contribution in [3.63, 3.8) is 0 Å². The van der Waals surface area contributed by atoms with Crippen molar-refractivity contribution in [3.05, 3.63) is 95.6 Å². The van der Waals surface area contributed by atoms with Gasteiger partial charge in [0.1, 0.15) is 11.6 Å². The van der Waals surface area contributed by atoms with Gasteiger partial charge in [-0.15, -0.1) is 0 Å². The van der Waals surface area contributed by atoms with Crippen molar-refractivity contribution in [2.75, 3.05) is 0 Å². The number of fused-ring (bicyclic) bond motifs is 2. The van der Waals surface area contributed by atoms with Gasteiger partial charge in [-0.25, -0.2) is 18.4 Å². The van der Waals surface area contributed by atoms with Gasteiger partial charge in [-0.3, -0.25) is 0 Å². The lowest BCUT2D eigenvalue weighted by atomic mass is 10.0. The maximum Gasteiger partial charge on any atom is 0.346 e. The molecule has 0 spiro atoms. The molecule has 0 aliphatic heterocycles. The molecule has 0 heterocycles. The zero-order valence-electron chi connectivity index (χ0n) is 13.9. The molecule has 0 fully saturated rings. The Labute approximate surface area is 152 Å². The van der Waals surface area contributed by atoms with Gasteiger partial charge in [0.25, 0.3) is 0 Å². The number of hydrogen-bond donors (Lipinski definition) is 0. The highest BCUT2D eigenvalue weighted by Crippen LogP contribution is 2.24. The molecule has 132 valence electrons. The minimum absolute atomic E-state index is 0.0698. The van der Waals surface area contributed by atoms with Gasteiger partial charge in [-0.2, -0.15) is 0 Å². The normalized spacial score (nSPS) is 10.9. The van der Waals surface area contributed by atoms with E-state index in [0.717, 1.165) is 12.1 Å². The molecule has 0 aliphatic carbocycles. The highest BCUT2D eigenvalue weighted by Gasteiger charge is 2.20. The Morgan fingerprint density at radius 2 is 1.04 bits per heavy atom. The molecule has 5 heteroatoms. The number of rotatable bonds is 2. The van der Waals surface area contributed by atoms with Crippen LogP contribution in [-0.4, -0.2) is 11.9 Å². The van der Waals surface area contributed by atoms with E-state index >= 15 is 0 Å². The van der Waals surface area contributed by atoms with Gasteiger partial charge in [-0.05, 0) is 45.8 Å². The van der Waals surface area contributed by atoms with Crippen molar-refractivity contribution in [2.24, 2.45) is 0 Å². The molecule has 4 rings (SSSR count). The van der Waals surface area contributed by atoms with Crippen molar-refractivity contribution in [3.8, 4) is 0 Å². The maximum absolute atomic E-state index is 13.8. The average Bonchev–Trinajstić information content (AvgIpc) is 2.66. The summed E-state index contributed by atoms with van der Waals surface area (Å²) in [5.41, 5.74) is -0.140. The lowest BCUT2D eigenvalue weighted by molar-refractivity contribution is 0.0400. The fourth-order valence-corrected chi connectivity index (χ4v) is 3.08. The van der Waals surface area contributed by atoms with E-state index in [-0.39, 0.29) is 11.1 Å². The van der Waals surface area contributed by atoms with Crippen LogP contribution in [0, 0.1) is 11.6 Å². The molecule has 0 saturated carbocycles. The van der Waals surface area contributed by atoms with Crippen molar-refractivity contribution >= 4 is 33.5 Å². The summed E-state index contributed by atoms with van der Waals surface area (Å²) in [6, 6.07) is 18.0. The van der Waals surface area contributed by atoms with E-state index in [1.807, 2.05) is 0 Å². The number of carbonyl (C=O) groups is 2. The third-order valence-electron chi connectivity index (χ3n) is 4.28. The van der Waals surface area contributed by atoms with E-state index in [4.69, 9.17) is 4.74 Å². The zero-order chi connectivity index (χ0) is 19.0. The molecule has 4 aromatic rings. The first kappa shape index (κ1) is 16.8. The monoisotopic (exact) mass is 362 g/mol. The minimum Gasteiger partial charge on any atom is -0.386 e. The van der Waals surface area contributed by atoms with E-state index in [1.54, 1.807) is 48.5 Å². The van der Waals surface area contributed by atoms with Crippen molar-refractivity contribution < 1.29 is 23.1 Å². The third kappa shape index (κ3) is 3.15. The van der Waals surface area contributed by atoms with Gasteiger partial charge in [0.2, 0.25) is 0 Å². The Hall–Kier alpha value is -3.60. The van der Waals surface area contributed by atoms with Gasteiger partial charge >= 0.3 is 11.9 Å². The second-order valence-corrected chi connectivity index (χ2v) is 6.03. The first-order valence-electron chi connectivity index (χ1n) is 8.16. The number of hydrogen-bond acceptors (Lipinski definition) is 3. The second kappa shape index (κ2) is 6.61. The Morgan fingerprint density at radius 1 is 0.630 bits per heavy atom. The summed E-state index contributed by atoms with van der Waals surface area (Å²) in [6.45, 7) is 0. The standard InChI is InChI=1S/C22H12F2O3/c23-15-9-13-5-1-3-7-17(13)19(11-15)21(25)27-22(26)20-12-16(24)10-14-6-2-4-8-18(14)20/h1-12H. The van der Waals surface area contributed by atoms with Crippen LogP contribution in [0.1, 0.15) is 20.7 Å². The van der Waals surface area contributed by atoms with Crippen molar-refractivity contribution in [2.45, 2.75) is 0 Å². The number of ether oxygens (including phenoxy) is 1. The van der Waals surface area contributed by atoms with Crippen LogP contribution in [-0.2, 0) is 4.74 Å². The molecular formula is C22H12F2O3. The summed E-state index contributed by atoms with van der Waals surface area (Å²) in [5.74, 6) is -3.23. The Kier molecular flexibility index (Phi) is 4.12. The maximum atomic E-state index is 13.8. The summed E-state index contributed by atoms with van der Waals surface area (Å²) in [4.78, 5) is 25.0. The molecule has 0 unspecified atom stereocenters. The summed E-state index contributed by atoms with van der Waals surface area (Å²) >= 11 is 0. The van der Waals surface area contributed by atoms with Crippen molar-refractivity contribution in [1.29, 1.82) is 0 Å². The van der Waals surface area contributed by atoms with E-state index in [2.05, 4.69) is 0 Å². The van der Waals surface area contributed by atoms with Crippen LogP contribution in [0.3, 0.4) is 0 Å². The largest absolute Gasteiger partial charge is 0.386 e. The summed E-state index contributed by atoms with van der Waals surface area (Å²) in [5, 5.41) is 1.93. The van der Waals surface area contributed by atoms with E-state index in [1.165, 1.54) is 12.1 Å². The number of halogens is 2. The fourth-order valence-electron chi connectivity index (χ4n) is 3.08. The van der Waals surface area contributed by atoms with Crippen LogP contribution in [0.4, 0.5) is 8.78 Å². The fraction of sp³-hybridized carbons (Fsp3) is 0. The van der Waals surface area contributed by atoms with Gasteiger partial charge in [0, 0.05) is 0 Å². The Bertz CT molecular complexity index is 1120. The molecule has 0 atom stereocenters. The SMILES string of the molecule is O=C(OC(=O)c1cc(F)cc2ccccc12)c1cc(F)cc2ccccc12. The molecule has 0 aromatic heterocycles. The van der Waals surface area contributed by atoms with Gasteiger partial charge < -0.3 is 4.74 Å². The van der Waals surface area contributed by atoms with E-state index in [0.29, 0.717) is 21.5 Å². The Morgan fingerprint density at radius 3 is 1.48 bits per heavy atom. The first-order chi connectivity index (χ1) is 13.0. The van der Waals surface area contributed by atoms with Gasteiger partial charge in [0.15, 0.2) is 0 Å². The van der Waals surface area contributed by atoms with Crippen LogP contribution in [0.25, 0.3) is 21.5 Å². The molecule has 0 bridgehead atoms. The number of carbonyl (C=O) groups excluding carboxylic acids is 2. The molecule has 0 N–H and O–H groups in total. The van der Waals surface area contributed by atoms with E-state index in [9.17, 15) is 18.4 Å². The molecule has 0 aliphatic rings. The zero-order valence-corrected chi connectivity index (χ0v) is 13.9. The molecular weight excluding hydrogens is 350 g/mol. The topological polar surface area (TPSA) is 43.4 Å². The lowest BCUT2D eigenvalue weighted by Crippen LogP contribution is -2.14. The molecule has 0 amide bonds. The molecule has 0 radical (unpaired) electrons. The van der Waals surface area contributed by atoms with Crippen LogP contribution in [0.15, 0.2) is 72.8 Å². The second-order valence-electron chi connectivity index (χ2n) is 6.03. The number of benzene rings is 4. The smallest absolute Gasteiger partial charge is 0.346 e. The summed E-state index contributed by atoms with van der Waals surface area (Å²) in [6.07, 6.45) is 0. The predicted molar refractivity (Wildman–Crippen MR) is 97.6 cm³/mol. The lowest BCUT2D eigenvalue weighted by Gasteiger charge is -2.09. The van der Waals surface area contributed by atoms with Crippen LogP contribution in [0.5, 0.6) is 0 Å². The van der Waals surface area contributed by atoms with Gasteiger partial charge in [0.05, 0.1) is 11.1 Å². The third-order valence-corrected chi connectivity index (χ3v) is 4.28. The summed E-state index contributed by atoms with van der Waals surface area (Å²) < 4.78 is 32.6. The highest BCUT2D eigenvalue weighted by atomic mass is 19.1. The van der Waals surface area contributed by atoms with Crippen LogP contribution < -0.4 is 0 Å². The van der Waals surface area contributed by atoms with E-state index < -0.39 is 23.6 Å². The summed E-state index contributed by atoms with van der Waals surface area (Å²) in [7, 11) is 0. The van der Waals surface area contributed by atoms with Gasteiger partial charge in [-0.1, -0.05) is 48.5 Å². The molecule has 27 heavy (non-hydrogen) atoms. The average molecular weight is 362 g/mol. The van der Waals surface area contributed by atoms with Crippen LogP contribution >= 0.6 is 0 Å². The molecule has 4 aromatic carbocycles. The minimum atomic E-state index is -0.996. The Balaban J connectivity index is 1.74. The highest BCUT2D eigenvalue weighted by molar-refractivity contribution is 6.12. The quantitative estimate of drug-likeness (QED) is 0.360. The van der Waals surface area contributed by atoms with Crippen LogP contribution in [0.2, 0.25) is 0 Å². The number of esters is 2. The predicted octanol–water partition coefficient (Wildman–Crippen LogP) is 5.27. The first-order valence-corrected chi connectivity index (χ1v) is 8.16. The van der Waals surface area contributed by atoms with Crippen molar-refractivity contribution in [1.82, 2.24) is 0 Å². The molecule has 3 nitrogen and oxygen atoms in total.